The molecule has 8 heteroatoms. The summed E-state index contributed by atoms with van der Waals surface area (Å²) >= 11 is 0. The number of benzene rings is 1. The smallest absolute Gasteiger partial charge is 0.234 e. The van der Waals surface area contributed by atoms with Crippen molar-refractivity contribution in [2.75, 3.05) is 17.0 Å². The molecule has 0 saturated carbocycles. The van der Waals surface area contributed by atoms with Crippen molar-refractivity contribution >= 4 is 15.7 Å². The number of hydrogen-bond donors (Lipinski definition) is 2. The van der Waals surface area contributed by atoms with Gasteiger partial charge in [-0.1, -0.05) is 6.42 Å². The topological polar surface area (TPSA) is 58.2 Å². The van der Waals surface area contributed by atoms with Gasteiger partial charge in [-0.05, 0) is 19.4 Å². The minimum absolute atomic E-state index is 0.234. The highest BCUT2D eigenvalue weighted by Gasteiger charge is 2.23. The largest absolute Gasteiger partial charge is 0.313 e. The van der Waals surface area contributed by atoms with Gasteiger partial charge in [0.2, 0.25) is 10.0 Å². The molecule has 4 nitrogen and oxygen atoms in total. The van der Waals surface area contributed by atoms with E-state index in [-0.39, 0.29) is 11.8 Å². The molecule has 0 radical (unpaired) electrons. The van der Waals surface area contributed by atoms with Gasteiger partial charge < -0.3 is 5.32 Å². The van der Waals surface area contributed by atoms with Crippen LogP contribution in [0, 0.1) is 17.5 Å². The molecule has 1 aliphatic rings. The molecule has 1 unspecified atom stereocenters. The fourth-order valence-corrected chi connectivity index (χ4v) is 3.55. The summed E-state index contributed by atoms with van der Waals surface area (Å²) < 4.78 is 65.1. The van der Waals surface area contributed by atoms with E-state index < -0.39 is 33.2 Å². The molecule has 1 fully saturated rings. The first-order valence-corrected chi connectivity index (χ1v) is 7.91. The predicted molar refractivity (Wildman–Crippen MR) is 69.4 cm³/mol. The van der Waals surface area contributed by atoms with E-state index in [0.29, 0.717) is 18.6 Å². The lowest BCUT2D eigenvalue weighted by molar-refractivity contribution is 0.424. The van der Waals surface area contributed by atoms with Gasteiger partial charge in [0.1, 0.15) is 5.82 Å². The first-order chi connectivity index (χ1) is 9.37. The molecular weight excluding hydrogens is 293 g/mol. The van der Waals surface area contributed by atoms with Crippen molar-refractivity contribution in [1.29, 1.82) is 0 Å². The van der Waals surface area contributed by atoms with Gasteiger partial charge in [0.15, 0.2) is 11.6 Å². The standard InChI is InChI=1S/C12H15F3N2O2S/c13-8-5-10(14)12(15)11(6-8)17-20(18,19)7-9-3-1-2-4-16-9/h5-6,9,16-17H,1-4,7H2. The van der Waals surface area contributed by atoms with Gasteiger partial charge in [-0.3, -0.25) is 4.72 Å². The third-order valence-electron chi connectivity index (χ3n) is 3.09. The van der Waals surface area contributed by atoms with Crippen molar-refractivity contribution in [3.63, 3.8) is 0 Å². The predicted octanol–water partition coefficient (Wildman–Crippen LogP) is 1.99. The van der Waals surface area contributed by atoms with Crippen molar-refractivity contribution in [3.05, 3.63) is 29.6 Å². The number of anilines is 1. The Balaban J connectivity index is 2.11. The Labute approximate surface area is 115 Å². The molecule has 0 spiro atoms. The van der Waals surface area contributed by atoms with Gasteiger partial charge in [-0.25, -0.2) is 21.6 Å². The molecule has 0 aliphatic carbocycles. The fourth-order valence-electron chi connectivity index (χ4n) is 2.17. The van der Waals surface area contributed by atoms with Gasteiger partial charge in [0.05, 0.1) is 11.4 Å². The summed E-state index contributed by atoms with van der Waals surface area (Å²) in [6, 6.07) is 0.739. The molecule has 2 rings (SSSR count). The highest BCUT2D eigenvalue weighted by molar-refractivity contribution is 7.92. The van der Waals surface area contributed by atoms with E-state index in [0.717, 1.165) is 19.4 Å². The zero-order chi connectivity index (χ0) is 14.8. The Morgan fingerprint density at radius 3 is 2.65 bits per heavy atom. The molecular formula is C12H15F3N2O2S. The summed E-state index contributed by atoms with van der Waals surface area (Å²) in [4.78, 5) is 0. The lowest BCUT2D eigenvalue weighted by Gasteiger charge is -2.23. The fraction of sp³-hybridized carbons (Fsp3) is 0.500. The normalized spacial score (nSPS) is 19.9. The van der Waals surface area contributed by atoms with Crippen molar-refractivity contribution in [3.8, 4) is 0 Å². The van der Waals surface area contributed by atoms with E-state index in [2.05, 4.69) is 5.32 Å². The second-order valence-corrected chi connectivity index (χ2v) is 6.55. The Bertz CT molecular complexity index is 587. The third-order valence-corrected chi connectivity index (χ3v) is 4.46. The van der Waals surface area contributed by atoms with Gasteiger partial charge in [0, 0.05) is 18.2 Å². The zero-order valence-electron chi connectivity index (χ0n) is 10.6. The molecule has 1 atom stereocenters. The van der Waals surface area contributed by atoms with Crippen LogP contribution in [0.2, 0.25) is 0 Å². The van der Waals surface area contributed by atoms with Crippen LogP contribution in [0.15, 0.2) is 12.1 Å². The molecule has 20 heavy (non-hydrogen) atoms. The number of hydrogen-bond acceptors (Lipinski definition) is 3. The highest BCUT2D eigenvalue weighted by atomic mass is 32.2. The minimum Gasteiger partial charge on any atom is -0.313 e. The summed E-state index contributed by atoms with van der Waals surface area (Å²) in [5.74, 6) is -4.15. The zero-order valence-corrected chi connectivity index (χ0v) is 11.4. The molecule has 1 aromatic rings. The first kappa shape index (κ1) is 15.1. The average Bonchev–Trinajstić information content (AvgIpc) is 2.35. The molecule has 1 aromatic carbocycles. The monoisotopic (exact) mass is 308 g/mol. The molecule has 1 aliphatic heterocycles. The van der Waals surface area contributed by atoms with E-state index in [4.69, 9.17) is 0 Å². The van der Waals surface area contributed by atoms with Crippen LogP contribution < -0.4 is 10.0 Å². The Kier molecular flexibility index (Phi) is 4.54. The molecule has 0 aromatic heterocycles. The van der Waals surface area contributed by atoms with Crippen LogP contribution in [-0.4, -0.2) is 26.8 Å². The maximum atomic E-state index is 13.4. The number of halogens is 3. The van der Waals surface area contributed by atoms with Crippen LogP contribution in [0.25, 0.3) is 0 Å². The maximum Gasteiger partial charge on any atom is 0.234 e. The average molecular weight is 308 g/mol. The van der Waals surface area contributed by atoms with Crippen LogP contribution in [0.4, 0.5) is 18.9 Å². The summed E-state index contributed by atoms with van der Waals surface area (Å²) in [5, 5.41) is 3.04. The molecule has 112 valence electrons. The number of nitrogens with one attached hydrogen (secondary N) is 2. The van der Waals surface area contributed by atoms with Crippen molar-refractivity contribution in [1.82, 2.24) is 5.32 Å². The summed E-state index contributed by atoms with van der Waals surface area (Å²) in [6.45, 7) is 0.725. The number of sulfonamides is 1. The summed E-state index contributed by atoms with van der Waals surface area (Å²) in [5.41, 5.74) is -0.710. The third kappa shape index (κ3) is 3.86. The first-order valence-electron chi connectivity index (χ1n) is 6.26. The van der Waals surface area contributed by atoms with Crippen LogP contribution in [0.5, 0.6) is 0 Å². The van der Waals surface area contributed by atoms with Crippen LogP contribution in [-0.2, 0) is 10.0 Å². The Morgan fingerprint density at radius 2 is 2.00 bits per heavy atom. The van der Waals surface area contributed by atoms with E-state index in [1.165, 1.54) is 0 Å². The minimum atomic E-state index is -3.88. The SMILES string of the molecule is O=S(=O)(CC1CCCCN1)Nc1cc(F)cc(F)c1F. The van der Waals surface area contributed by atoms with Crippen molar-refractivity contribution in [2.24, 2.45) is 0 Å². The lowest BCUT2D eigenvalue weighted by Crippen LogP contribution is -2.40. The number of rotatable bonds is 4. The van der Waals surface area contributed by atoms with E-state index >= 15 is 0 Å². The molecule has 1 heterocycles. The second-order valence-electron chi connectivity index (χ2n) is 4.78. The van der Waals surface area contributed by atoms with Gasteiger partial charge in [-0.15, -0.1) is 0 Å². The van der Waals surface area contributed by atoms with E-state index in [1.54, 1.807) is 0 Å². The van der Waals surface area contributed by atoms with Crippen LogP contribution >= 0.6 is 0 Å². The quantitative estimate of drug-likeness (QED) is 0.836. The van der Waals surface area contributed by atoms with E-state index in [1.807, 2.05) is 4.72 Å². The molecule has 1 saturated heterocycles. The van der Waals surface area contributed by atoms with Gasteiger partial charge >= 0.3 is 0 Å². The summed E-state index contributed by atoms with van der Waals surface area (Å²) in [6.07, 6.45) is 2.59. The number of piperidine rings is 1. The van der Waals surface area contributed by atoms with Crippen LogP contribution in [0.3, 0.4) is 0 Å². The summed E-state index contributed by atoms with van der Waals surface area (Å²) in [7, 11) is -3.88. The van der Waals surface area contributed by atoms with Crippen molar-refractivity contribution in [2.45, 2.75) is 25.3 Å². The molecule has 2 N–H and O–H groups in total. The Morgan fingerprint density at radius 1 is 1.25 bits per heavy atom. The van der Waals surface area contributed by atoms with Gasteiger partial charge in [0.25, 0.3) is 0 Å². The molecule has 0 bridgehead atoms. The molecule has 0 amide bonds. The van der Waals surface area contributed by atoms with Gasteiger partial charge in [-0.2, -0.15) is 0 Å². The second kappa shape index (κ2) is 6.01. The highest BCUT2D eigenvalue weighted by Crippen LogP contribution is 2.21. The Hall–Kier alpha value is -1.28. The lowest BCUT2D eigenvalue weighted by atomic mass is 10.1. The van der Waals surface area contributed by atoms with Crippen LogP contribution in [0.1, 0.15) is 19.3 Å². The maximum absolute atomic E-state index is 13.4. The van der Waals surface area contributed by atoms with Crippen molar-refractivity contribution < 1.29 is 21.6 Å². The van der Waals surface area contributed by atoms with E-state index in [9.17, 15) is 21.6 Å².